The zero-order valence-electron chi connectivity index (χ0n) is 6.90. The summed E-state index contributed by atoms with van der Waals surface area (Å²) < 4.78 is 20.3. The summed E-state index contributed by atoms with van der Waals surface area (Å²) in [6.07, 6.45) is -0.243. The van der Waals surface area contributed by atoms with Crippen LogP contribution in [0, 0.1) is 5.41 Å². The van der Waals surface area contributed by atoms with Gasteiger partial charge in [-0.25, -0.2) is 4.57 Å². The van der Waals surface area contributed by atoms with Crippen LogP contribution in [0.2, 0.25) is 0 Å². The second-order valence-corrected chi connectivity index (χ2v) is 4.88. The van der Waals surface area contributed by atoms with E-state index >= 15 is 0 Å². The Morgan fingerprint density at radius 3 is 2.55 bits per heavy atom. The Kier molecular flexibility index (Phi) is 2.14. The van der Waals surface area contributed by atoms with Crippen molar-refractivity contribution in [3.05, 3.63) is 0 Å². The zero-order valence-corrected chi connectivity index (χ0v) is 7.80. The second-order valence-electron chi connectivity index (χ2n) is 3.48. The predicted octanol–water partition coefficient (Wildman–Crippen LogP) is 1.55. The topological polar surface area (TPSA) is 55.8 Å². The quantitative estimate of drug-likeness (QED) is 0.574. The summed E-state index contributed by atoms with van der Waals surface area (Å²) in [7, 11) is -3.72. The standard InChI is InChI=1S/C6H13O4P/c1-5-6(2,3)4-9-11(7,8)10-5/h5H,4H2,1-3H3,(H,7,8). The Balaban J connectivity index is 2.70. The summed E-state index contributed by atoms with van der Waals surface area (Å²) in [6, 6.07) is 0. The van der Waals surface area contributed by atoms with Gasteiger partial charge in [0.15, 0.2) is 0 Å². The van der Waals surface area contributed by atoms with E-state index in [-0.39, 0.29) is 18.1 Å². The molecule has 0 aromatic carbocycles. The minimum atomic E-state index is -3.72. The van der Waals surface area contributed by atoms with Gasteiger partial charge < -0.3 is 4.89 Å². The van der Waals surface area contributed by atoms with Gasteiger partial charge >= 0.3 is 7.82 Å². The number of hydrogen-bond acceptors (Lipinski definition) is 3. The minimum absolute atomic E-state index is 0.184. The Morgan fingerprint density at radius 2 is 2.18 bits per heavy atom. The maximum absolute atomic E-state index is 10.8. The Morgan fingerprint density at radius 1 is 1.64 bits per heavy atom. The fourth-order valence-electron chi connectivity index (χ4n) is 0.738. The molecule has 0 bridgehead atoms. The molecule has 2 unspecified atom stereocenters. The maximum Gasteiger partial charge on any atom is 0.472 e. The van der Waals surface area contributed by atoms with E-state index in [1.165, 1.54) is 0 Å². The van der Waals surface area contributed by atoms with Crippen molar-refractivity contribution >= 4 is 7.82 Å². The van der Waals surface area contributed by atoms with E-state index in [0.717, 1.165) is 0 Å². The molecule has 0 saturated carbocycles. The molecule has 5 heteroatoms. The van der Waals surface area contributed by atoms with E-state index in [1.807, 2.05) is 13.8 Å². The molecular weight excluding hydrogens is 167 g/mol. The zero-order chi connectivity index (χ0) is 8.70. The highest BCUT2D eigenvalue weighted by Crippen LogP contribution is 2.52. The van der Waals surface area contributed by atoms with Gasteiger partial charge in [-0.2, -0.15) is 0 Å². The van der Waals surface area contributed by atoms with E-state index in [4.69, 9.17) is 9.42 Å². The highest BCUT2D eigenvalue weighted by molar-refractivity contribution is 7.47. The molecule has 1 aliphatic rings. The van der Waals surface area contributed by atoms with Gasteiger partial charge in [0.25, 0.3) is 0 Å². The van der Waals surface area contributed by atoms with Crippen LogP contribution in [0.25, 0.3) is 0 Å². The van der Waals surface area contributed by atoms with Crippen molar-refractivity contribution in [3.63, 3.8) is 0 Å². The first-order chi connectivity index (χ1) is 4.83. The molecule has 11 heavy (non-hydrogen) atoms. The molecule has 1 heterocycles. The second kappa shape index (κ2) is 2.56. The van der Waals surface area contributed by atoms with E-state index in [2.05, 4.69) is 4.52 Å². The third kappa shape index (κ3) is 2.03. The largest absolute Gasteiger partial charge is 0.472 e. The van der Waals surface area contributed by atoms with Gasteiger partial charge in [0.2, 0.25) is 0 Å². The molecule has 66 valence electrons. The SMILES string of the molecule is CC1OP(=O)(O)OCC1(C)C. The third-order valence-corrected chi connectivity index (χ3v) is 3.03. The van der Waals surface area contributed by atoms with Gasteiger partial charge in [-0.3, -0.25) is 9.05 Å². The molecule has 0 radical (unpaired) electrons. The van der Waals surface area contributed by atoms with Crippen molar-refractivity contribution in [3.8, 4) is 0 Å². The highest BCUT2D eigenvalue weighted by atomic mass is 31.2. The number of hydrogen-bond donors (Lipinski definition) is 1. The molecule has 0 aliphatic carbocycles. The summed E-state index contributed by atoms with van der Waals surface area (Å²) in [4.78, 5) is 8.89. The normalized spacial score (nSPS) is 43.8. The van der Waals surface area contributed by atoms with Crippen LogP contribution in [0.4, 0.5) is 0 Å². The lowest BCUT2D eigenvalue weighted by atomic mass is 9.89. The lowest BCUT2D eigenvalue weighted by Gasteiger charge is -2.37. The van der Waals surface area contributed by atoms with Crippen molar-refractivity contribution in [2.24, 2.45) is 5.41 Å². The Hall–Kier alpha value is 0.110. The van der Waals surface area contributed by atoms with E-state index in [9.17, 15) is 4.57 Å². The van der Waals surface area contributed by atoms with Gasteiger partial charge in [-0.05, 0) is 6.92 Å². The Labute approximate surface area is 66.1 Å². The Bertz CT molecular complexity index is 201. The molecule has 1 rings (SSSR count). The first-order valence-corrected chi connectivity index (χ1v) is 4.99. The van der Waals surface area contributed by atoms with Crippen LogP contribution in [0.3, 0.4) is 0 Å². The molecule has 2 atom stereocenters. The molecule has 0 amide bonds. The highest BCUT2D eigenvalue weighted by Gasteiger charge is 2.40. The molecule has 0 aromatic rings. The lowest BCUT2D eigenvalue weighted by Crippen LogP contribution is -2.37. The van der Waals surface area contributed by atoms with Gasteiger partial charge in [-0.15, -0.1) is 0 Å². The average Bonchev–Trinajstić information content (AvgIpc) is 1.81. The van der Waals surface area contributed by atoms with E-state index in [0.29, 0.717) is 0 Å². The molecular formula is C6H13O4P. The lowest BCUT2D eigenvalue weighted by molar-refractivity contribution is -0.0359. The van der Waals surface area contributed by atoms with Gasteiger partial charge in [0.1, 0.15) is 0 Å². The molecule has 1 saturated heterocycles. The summed E-state index contributed by atoms with van der Waals surface area (Å²) in [5.41, 5.74) is -0.184. The van der Waals surface area contributed by atoms with Gasteiger partial charge in [-0.1, -0.05) is 13.8 Å². The van der Waals surface area contributed by atoms with Crippen LogP contribution >= 0.6 is 7.82 Å². The number of rotatable bonds is 0. The van der Waals surface area contributed by atoms with Crippen LogP contribution in [-0.2, 0) is 13.6 Å². The monoisotopic (exact) mass is 180 g/mol. The summed E-state index contributed by atoms with van der Waals surface area (Å²) in [5, 5.41) is 0. The predicted molar refractivity (Wildman–Crippen MR) is 40.1 cm³/mol. The van der Waals surface area contributed by atoms with Crippen molar-refractivity contribution in [1.82, 2.24) is 0 Å². The fraction of sp³-hybridized carbons (Fsp3) is 1.00. The summed E-state index contributed by atoms with van der Waals surface area (Å²) >= 11 is 0. The first kappa shape index (κ1) is 9.20. The van der Waals surface area contributed by atoms with Crippen LogP contribution in [0.15, 0.2) is 0 Å². The molecule has 1 N–H and O–H groups in total. The molecule has 0 spiro atoms. The van der Waals surface area contributed by atoms with Gasteiger partial charge in [0.05, 0.1) is 12.7 Å². The van der Waals surface area contributed by atoms with E-state index in [1.54, 1.807) is 6.92 Å². The fourth-order valence-corrected chi connectivity index (χ4v) is 1.98. The van der Waals surface area contributed by atoms with Crippen molar-refractivity contribution in [1.29, 1.82) is 0 Å². The summed E-state index contributed by atoms with van der Waals surface area (Å²) in [5.74, 6) is 0. The van der Waals surface area contributed by atoms with Crippen LogP contribution in [-0.4, -0.2) is 17.6 Å². The van der Waals surface area contributed by atoms with Crippen molar-refractivity contribution in [2.75, 3.05) is 6.61 Å². The number of phosphoric acid groups is 1. The molecule has 1 aliphatic heterocycles. The van der Waals surface area contributed by atoms with Crippen molar-refractivity contribution < 1.29 is 18.5 Å². The van der Waals surface area contributed by atoms with E-state index < -0.39 is 7.82 Å². The molecule has 0 aromatic heterocycles. The smallest absolute Gasteiger partial charge is 0.302 e. The maximum atomic E-state index is 10.8. The first-order valence-electron chi connectivity index (χ1n) is 3.49. The molecule has 4 nitrogen and oxygen atoms in total. The number of phosphoric ester groups is 1. The van der Waals surface area contributed by atoms with Gasteiger partial charge in [0, 0.05) is 5.41 Å². The van der Waals surface area contributed by atoms with Crippen LogP contribution in [0.1, 0.15) is 20.8 Å². The summed E-state index contributed by atoms with van der Waals surface area (Å²) in [6.45, 7) is 5.89. The van der Waals surface area contributed by atoms with Crippen LogP contribution in [0.5, 0.6) is 0 Å². The minimum Gasteiger partial charge on any atom is -0.302 e. The average molecular weight is 180 g/mol. The third-order valence-electron chi connectivity index (χ3n) is 1.99. The van der Waals surface area contributed by atoms with Crippen LogP contribution < -0.4 is 0 Å². The van der Waals surface area contributed by atoms with Crippen molar-refractivity contribution in [2.45, 2.75) is 26.9 Å². The molecule has 1 fully saturated rings.